The summed E-state index contributed by atoms with van der Waals surface area (Å²) in [5, 5.41) is 14.4. The number of ketones is 1. The van der Waals surface area contributed by atoms with Crippen molar-refractivity contribution in [3.8, 4) is 11.5 Å². The van der Waals surface area contributed by atoms with E-state index in [1.165, 1.54) is 7.11 Å². The number of carbonyl (C=O) groups is 2. The molecule has 0 saturated heterocycles. The molecular formula is C28H29Cl2NO5S. The van der Waals surface area contributed by atoms with E-state index in [0.717, 1.165) is 17.0 Å². The van der Waals surface area contributed by atoms with Crippen molar-refractivity contribution in [2.24, 2.45) is 0 Å². The molecular weight excluding hydrogens is 533 g/mol. The topological polar surface area (TPSA) is 84.9 Å². The molecule has 0 fully saturated rings. The van der Waals surface area contributed by atoms with Gasteiger partial charge in [-0.15, -0.1) is 0 Å². The molecule has 1 aliphatic carbocycles. The van der Waals surface area contributed by atoms with E-state index in [9.17, 15) is 14.7 Å². The molecule has 1 aliphatic heterocycles. The maximum absolute atomic E-state index is 13.7. The Balaban J connectivity index is 1.78. The summed E-state index contributed by atoms with van der Waals surface area (Å²) in [5.41, 5.74) is 3.83. The lowest BCUT2D eigenvalue weighted by atomic mass is 9.71. The van der Waals surface area contributed by atoms with Crippen LogP contribution in [0, 0.1) is 0 Å². The molecule has 37 heavy (non-hydrogen) atoms. The fourth-order valence-electron chi connectivity index (χ4n) is 4.95. The molecule has 0 unspecified atom stereocenters. The van der Waals surface area contributed by atoms with Gasteiger partial charge in [-0.3, -0.25) is 4.79 Å². The van der Waals surface area contributed by atoms with Crippen molar-refractivity contribution >= 4 is 46.7 Å². The van der Waals surface area contributed by atoms with Crippen LogP contribution in [0.3, 0.4) is 0 Å². The van der Waals surface area contributed by atoms with Crippen molar-refractivity contribution < 1.29 is 24.2 Å². The first-order valence-corrected chi connectivity index (χ1v) is 14.0. The number of allylic oxidation sites excluding steroid dienone is 3. The summed E-state index contributed by atoms with van der Waals surface area (Å²) in [7, 11) is 1.42. The van der Waals surface area contributed by atoms with E-state index < -0.39 is 11.9 Å². The Morgan fingerprint density at radius 1 is 1.16 bits per heavy atom. The lowest BCUT2D eigenvalue weighted by molar-refractivity contribution is -0.138. The predicted molar refractivity (Wildman–Crippen MR) is 148 cm³/mol. The van der Waals surface area contributed by atoms with Crippen LogP contribution >= 0.6 is 35.0 Å². The van der Waals surface area contributed by atoms with E-state index >= 15 is 0 Å². The highest BCUT2D eigenvalue weighted by Crippen LogP contribution is 2.48. The summed E-state index contributed by atoms with van der Waals surface area (Å²) in [6.45, 7) is 4.12. The molecule has 4 rings (SSSR count). The number of ether oxygens (including phenoxy) is 2. The fourth-order valence-corrected chi connectivity index (χ4v) is 5.78. The summed E-state index contributed by atoms with van der Waals surface area (Å²) < 4.78 is 10.9. The average molecular weight is 563 g/mol. The quantitative estimate of drug-likeness (QED) is 0.286. The van der Waals surface area contributed by atoms with Crippen LogP contribution in [0.1, 0.15) is 49.7 Å². The molecule has 0 amide bonds. The average Bonchev–Trinajstić information content (AvgIpc) is 2.87. The summed E-state index contributed by atoms with van der Waals surface area (Å²) >= 11 is 14.1. The van der Waals surface area contributed by atoms with Gasteiger partial charge in [0.2, 0.25) is 0 Å². The number of hydrogen-bond donors (Lipinski definition) is 2. The minimum atomic E-state index is -0.715. The Morgan fingerprint density at radius 3 is 2.57 bits per heavy atom. The number of benzene rings is 2. The molecule has 0 bridgehead atoms. The summed E-state index contributed by atoms with van der Waals surface area (Å²) in [6, 6.07) is 10.7. The third-order valence-corrected chi connectivity index (χ3v) is 8.06. The first-order chi connectivity index (χ1) is 17.7. The maximum Gasteiger partial charge on any atom is 0.336 e. The van der Waals surface area contributed by atoms with Crippen LogP contribution in [0.5, 0.6) is 11.5 Å². The van der Waals surface area contributed by atoms with Gasteiger partial charge < -0.3 is 19.9 Å². The number of phenolic OH excluding ortho intramolecular Hbond substituents is 1. The standard InChI is InChI=1S/C28H29Cl2NO5S/c1-4-37-10-9-36-28(34)24-15(2)31-21-12-17(16-5-7-19(29)8-6-16)13-22(32)26(21)25(24)18-11-20(30)27(33)23(14-18)35-3/h5-8,11,14,17,25,31,33H,4,9-10,12-13H2,1-3H3/t17-,25+/m0/s1. The molecule has 2 aromatic carbocycles. The van der Waals surface area contributed by atoms with E-state index in [4.69, 9.17) is 32.7 Å². The number of esters is 1. The molecule has 2 N–H and O–H groups in total. The third-order valence-electron chi connectivity index (χ3n) is 6.66. The van der Waals surface area contributed by atoms with Gasteiger partial charge in [0.1, 0.15) is 6.61 Å². The van der Waals surface area contributed by atoms with E-state index in [1.807, 2.05) is 38.1 Å². The van der Waals surface area contributed by atoms with Crippen LogP contribution in [-0.2, 0) is 14.3 Å². The highest BCUT2D eigenvalue weighted by Gasteiger charge is 2.42. The van der Waals surface area contributed by atoms with Gasteiger partial charge in [0, 0.05) is 40.1 Å². The smallest absolute Gasteiger partial charge is 0.336 e. The Kier molecular flexibility index (Phi) is 8.78. The summed E-state index contributed by atoms with van der Waals surface area (Å²) in [4.78, 5) is 27.1. The Bertz CT molecular complexity index is 1270. The molecule has 9 heteroatoms. The second-order valence-corrected chi connectivity index (χ2v) is 11.2. The molecule has 196 valence electrons. The molecule has 6 nitrogen and oxygen atoms in total. The minimum absolute atomic E-state index is 0.0259. The van der Waals surface area contributed by atoms with E-state index in [1.54, 1.807) is 23.9 Å². The number of aromatic hydroxyl groups is 1. The highest BCUT2D eigenvalue weighted by atomic mass is 35.5. The molecule has 0 saturated carbocycles. The van der Waals surface area contributed by atoms with E-state index in [0.29, 0.717) is 39.6 Å². The van der Waals surface area contributed by atoms with Crippen LogP contribution in [-0.4, -0.2) is 42.1 Å². The normalized spacial score (nSPS) is 19.4. The van der Waals surface area contributed by atoms with Crippen LogP contribution in [0.2, 0.25) is 10.0 Å². The molecule has 0 spiro atoms. The summed E-state index contributed by atoms with van der Waals surface area (Å²) in [6.07, 6.45) is 0.880. The zero-order valence-corrected chi connectivity index (χ0v) is 23.2. The predicted octanol–water partition coefficient (Wildman–Crippen LogP) is 6.37. The molecule has 0 radical (unpaired) electrons. The molecule has 0 aromatic heterocycles. The monoisotopic (exact) mass is 561 g/mol. The maximum atomic E-state index is 13.7. The second kappa shape index (κ2) is 11.8. The Hall–Kier alpha value is -2.61. The number of nitrogens with one attached hydrogen (secondary N) is 1. The lowest BCUT2D eigenvalue weighted by Crippen LogP contribution is -2.36. The van der Waals surface area contributed by atoms with Crippen LogP contribution in [0.4, 0.5) is 0 Å². The van der Waals surface area contributed by atoms with Crippen molar-refractivity contribution in [1.82, 2.24) is 5.32 Å². The minimum Gasteiger partial charge on any atom is -0.503 e. The summed E-state index contributed by atoms with van der Waals surface area (Å²) in [5.74, 6) is 0.270. The molecule has 1 heterocycles. The third kappa shape index (κ3) is 5.79. The van der Waals surface area contributed by atoms with Gasteiger partial charge in [0.05, 0.1) is 17.7 Å². The van der Waals surface area contributed by atoms with Gasteiger partial charge in [0.15, 0.2) is 17.3 Å². The van der Waals surface area contributed by atoms with Crippen molar-refractivity contribution in [3.05, 3.63) is 80.1 Å². The first kappa shape index (κ1) is 27.4. The number of phenols is 1. The lowest BCUT2D eigenvalue weighted by Gasteiger charge is -2.37. The van der Waals surface area contributed by atoms with Gasteiger partial charge in [-0.25, -0.2) is 4.79 Å². The molecule has 2 aliphatic rings. The number of rotatable bonds is 8. The number of halogens is 2. The van der Waals surface area contributed by atoms with Crippen molar-refractivity contribution in [2.45, 2.75) is 38.5 Å². The fraction of sp³-hybridized carbons (Fsp3) is 0.357. The second-order valence-electron chi connectivity index (χ2n) is 8.96. The first-order valence-electron chi connectivity index (χ1n) is 12.1. The number of dihydropyridines is 1. The Labute approximate surface area is 231 Å². The van der Waals surface area contributed by atoms with Gasteiger partial charge in [-0.05, 0) is 60.4 Å². The zero-order valence-electron chi connectivity index (χ0n) is 20.9. The van der Waals surface area contributed by atoms with Gasteiger partial charge in [-0.1, -0.05) is 42.3 Å². The van der Waals surface area contributed by atoms with Crippen LogP contribution < -0.4 is 10.1 Å². The van der Waals surface area contributed by atoms with E-state index in [2.05, 4.69) is 5.32 Å². The SMILES string of the molecule is CCSCCOC(=O)C1=C(C)NC2=C(C(=O)C[C@@H](c3ccc(Cl)cc3)C2)[C@@H]1c1cc(Cl)c(O)c(OC)c1. The van der Waals surface area contributed by atoms with E-state index in [-0.39, 0.29) is 41.3 Å². The number of Topliss-reactive ketones (excluding diaryl/α,β-unsaturated/α-hetero) is 1. The van der Waals surface area contributed by atoms with Gasteiger partial charge >= 0.3 is 5.97 Å². The number of thioether (sulfide) groups is 1. The van der Waals surface area contributed by atoms with Crippen molar-refractivity contribution in [2.75, 3.05) is 25.2 Å². The highest BCUT2D eigenvalue weighted by molar-refractivity contribution is 7.99. The van der Waals surface area contributed by atoms with Gasteiger partial charge in [-0.2, -0.15) is 11.8 Å². The van der Waals surface area contributed by atoms with Crippen molar-refractivity contribution in [1.29, 1.82) is 0 Å². The number of carbonyl (C=O) groups excluding carboxylic acids is 2. The van der Waals surface area contributed by atoms with Crippen LogP contribution in [0.15, 0.2) is 58.9 Å². The largest absolute Gasteiger partial charge is 0.503 e. The van der Waals surface area contributed by atoms with Crippen LogP contribution in [0.25, 0.3) is 0 Å². The van der Waals surface area contributed by atoms with Gasteiger partial charge in [0.25, 0.3) is 0 Å². The Morgan fingerprint density at radius 2 is 1.89 bits per heavy atom. The number of hydrogen-bond acceptors (Lipinski definition) is 7. The molecule has 2 atom stereocenters. The number of methoxy groups -OCH3 is 1. The van der Waals surface area contributed by atoms with Crippen molar-refractivity contribution in [3.63, 3.8) is 0 Å². The molecule has 2 aromatic rings. The zero-order chi connectivity index (χ0) is 26.7.